The molecule has 1 aliphatic heterocycles. The highest BCUT2D eigenvalue weighted by Gasteiger charge is 2.27. The monoisotopic (exact) mass is 342 g/mol. The van der Waals surface area contributed by atoms with Crippen molar-refractivity contribution in [3.05, 3.63) is 42.2 Å². The Morgan fingerprint density at radius 3 is 2.60 bits per heavy atom. The second-order valence-corrected chi connectivity index (χ2v) is 6.19. The number of likely N-dealkylation sites (tertiary alicyclic amines) is 1. The van der Waals surface area contributed by atoms with Crippen LogP contribution in [0.5, 0.6) is 0 Å². The standard InChI is InChI=1S/C18H22N4O3/c1-13-11-16(21-25-13)20-18(24)14-7-9-22(10-8-14)17(23)12-19-15-5-3-2-4-6-15/h2-6,11,14,19H,7-10,12H2,1H3,(H,20,21,24). The summed E-state index contributed by atoms with van der Waals surface area (Å²) in [4.78, 5) is 26.3. The van der Waals surface area contributed by atoms with Crippen molar-refractivity contribution in [3.8, 4) is 0 Å². The Morgan fingerprint density at radius 1 is 1.24 bits per heavy atom. The maximum Gasteiger partial charge on any atom is 0.241 e. The van der Waals surface area contributed by atoms with E-state index in [1.807, 2.05) is 30.3 Å². The zero-order valence-corrected chi connectivity index (χ0v) is 14.2. The molecule has 2 heterocycles. The molecule has 1 aliphatic rings. The predicted octanol–water partition coefficient (Wildman–Crippen LogP) is 2.27. The number of carbonyl (C=O) groups is 2. The Bertz CT molecular complexity index is 721. The van der Waals surface area contributed by atoms with E-state index in [1.165, 1.54) is 0 Å². The summed E-state index contributed by atoms with van der Waals surface area (Å²) in [5.74, 6) is 0.968. The Morgan fingerprint density at radius 2 is 1.96 bits per heavy atom. The topological polar surface area (TPSA) is 87.5 Å². The number of carbonyl (C=O) groups excluding carboxylic acids is 2. The van der Waals surface area contributed by atoms with Crippen LogP contribution in [-0.2, 0) is 9.59 Å². The van der Waals surface area contributed by atoms with Gasteiger partial charge in [0.05, 0.1) is 6.54 Å². The second kappa shape index (κ2) is 7.83. The largest absolute Gasteiger partial charge is 0.376 e. The van der Waals surface area contributed by atoms with Crippen LogP contribution in [0.15, 0.2) is 40.9 Å². The normalized spacial score (nSPS) is 15.0. The summed E-state index contributed by atoms with van der Waals surface area (Å²) in [6.07, 6.45) is 1.31. The summed E-state index contributed by atoms with van der Waals surface area (Å²) in [7, 11) is 0. The van der Waals surface area contributed by atoms with Crippen LogP contribution >= 0.6 is 0 Å². The minimum atomic E-state index is -0.108. The van der Waals surface area contributed by atoms with Crippen LogP contribution in [0.2, 0.25) is 0 Å². The van der Waals surface area contributed by atoms with Crippen molar-refractivity contribution in [1.82, 2.24) is 10.1 Å². The number of hydrogen-bond donors (Lipinski definition) is 2. The number of piperidine rings is 1. The zero-order chi connectivity index (χ0) is 17.6. The van der Waals surface area contributed by atoms with Crippen LogP contribution in [0.4, 0.5) is 11.5 Å². The fraction of sp³-hybridized carbons (Fsp3) is 0.389. The average molecular weight is 342 g/mol. The lowest BCUT2D eigenvalue weighted by molar-refractivity contribution is -0.132. The number of aromatic nitrogens is 1. The number of benzene rings is 1. The Kier molecular flexibility index (Phi) is 5.33. The third-order valence-corrected chi connectivity index (χ3v) is 4.32. The van der Waals surface area contributed by atoms with Gasteiger partial charge < -0.3 is 20.1 Å². The lowest BCUT2D eigenvalue weighted by atomic mass is 9.96. The molecule has 0 aliphatic carbocycles. The molecule has 0 saturated carbocycles. The minimum Gasteiger partial charge on any atom is -0.376 e. The smallest absolute Gasteiger partial charge is 0.241 e. The van der Waals surface area contributed by atoms with Gasteiger partial charge in [0.15, 0.2) is 5.82 Å². The van der Waals surface area contributed by atoms with Gasteiger partial charge in [-0.05, 0) is 31.9 Å². The molecule has 1 fully saturated rings. The summed E-state index contributed by atoms with van der Waals surface area (Å²) >= 11 is 0. The number of rotatable bonds is 5. The van der Waals surface area contributed by atoms with Crippen molar-refractivity contribution in [3.63, 3.8) is 0 Å². The van der Waals surface area contributed by atoms with Gasteiger partial charge in [-0.1, -0.05) is 23.4 Å². The van der Waals surface area contributed by atoms with Gasteiger partial charge >= 0.3 is 0 Å². The van der Waals surface area contributed by atoms with Crippen LogP contribution in [0.3, 0.4) is 0 Å². The van der Waals surface area contributed by atoms with Crippen molar-refractivity contribution in [1.29, 1.82) is 0 Å². The van der Waals surface area contributed by atoms with Gasteiger partial charge in [0, 0.05) is 30.8 Å². The second-order valence-electron chi connectivity index (χ2n) is 6.19. The van der Waals surface area contributed by atoms with Crippen molar-refractivity contribution in [2.24, 2.45) is 5.92 Å². The lowest BCUT2D eigenvalue weighted by Crippen LogP contribution is -2.43. The number of nitrogens with zero attached hydrogens (tertiary/aromatic N) is 2. The molecule has 1 saturated heterocycles. The highest BCUT2D eigenvalue weighted by molar-refractivity contribution is 5.92. The highest BCUT2D eigenvalue weighted by atomic mass is 16.5. The molecule has 3 rings (SSSR count). The van der Waals surface area contributed by atoms with Gasteiger partial charge in [0.1, 0.15) is 5.76 Å². The first-order valence-corrected chi connectivity index (χ1v) is 8.42. The van der Waals surface area contributed by atoms with E-state index < -0.39 is 0 Å². The molecule has 0 radical (unpaired) electrons. The Balaban J connectivity index is 1.43. The molecule has 1 aromatic heterocycles. The number of anilines is 2. The highest BCUT2D eigenvalue weighted by Crippen LogP contribution is 2.19. The van der Waals surface area contributed by atoms with E-state index in [4.69, 9.17) is 4.52 Å². The summed E-state index contributed by atoms with van der Waals surface area (Å²) < 4.78 is 4.94. The van der Waals surface area contributed by atoms with E-state index in [0.29, 0.717) is 37.5 Å². The van der Waals surface area contributed by atoms with Crippen molar-refractivity contribution in [2.75, 3.05) is 30.3 Å². The molecule has 0 bridgehead atoms. The molecule has 2 N–H and O–H groups in total. The number of hydrogen-bond acceptors (Lipinski definition) is 5. The quantitative estimate of drug-likeness (QED) is 0.870. The molecule has 7 heteroatoms. The van der Waals surface area contributed by atoms with E-state index in [1.54, 1.807) is 17.9 Å². The molecule has 0 atom stereocenters. The summed E-state index contributed by atoms with van der Waals surface area (Å²) in [5.41, 5.74) is 0.924. The van der Waals surface area contributed by atoms with Gasteiger partial charge in [0.25, 0.3) is 0 Å². The molecule has 25 heavy (non-hydrogen) atoms. The molecule has 7 nitrogen and oxygen atoms in total. The maximum atomic E-state index is 12.3. The third kappa shape index (κ3) is 4.59. The van der Waals surface area contributed by atoms with E-state index in [0.717, 1.165) is 5.69 Å². The zero-order valence-electron chi connectivity index (χ0n) is 14.2. The van der Waals surface area contributed by atoms with Crippen LogP contribution < -0.4 is 10.6 Å². The van der Waals surface area contributed by atoms with Crippen molar-refractivity contribution in [2.45, 2.75) is 19.8 Å². The number of amides is 2. The van der Waals surface area contributed by atoms with Crippen molar-refractivity contribution >= 4 is 23.3 Å². The van der Waals surface area contributed by atoms with Crippen LogP contribution in [-0.4, -0.2) is 41.5 Å². The molecule has 132 valence electrons. The number of para-hydroxylation sites is 1. The summed E-state index contributed by atoms with van der Waals surface area (Å²) in [5, 5.41) is 9.65. The first kappa shape index (κ1) is 17.0. The predicted molar refractivity (Wildman–Crippen MR) is 94.1 cm³/mol. The van der Waals surface area contributed by atoms with Gasteiger partial charge in [0.2, 0.25) is 11.8 Å². The molecule has 0 spiro atoms. The Labute approximate surface area is 146 Å². The van der Waals surface area contributed by atoms with E-state index in [2.05, 4.69) is 15.8 Å². The van der Waals surface area contributed by atoms with E-state index in [9.17, 15) is 9.59 Å². The molecular formula is C18H22N4O3. The van der Waals surface area contributed by atoms with Crippen LogP contribution in [0.1, 0.15) is 18.6 Å². The maximum absolute atomic E-state index is 12.3. The molecule has 2 amide bonds. The summed E-state index contributed by atoms with van der Waals surface area (Å²) in [6.45, 7) is 3.21. The SMILES string of the molecule is Cc1cc(NC(=O)C2CCN(C(=O)CNc3ccccc3)CC2)no1. The van der Waals surface area contributed by atoms with E-state index >= 15 is 0 Å². The first-order chi connectivity index (χ1) is 12.1. The van der Waals surface area contributed by atoms with Gasteiger partial charge in [-0.25, -0.2) is 0 Å². The van der Waals surface area contributed by atoms with Crippen LogP contribution in [0.25, 0.3) is 0 Å². The molecule has 0 unspecified atom stereocenters. The molecule has 1 aromatic carbocycles. The summed E-state index contributed by atoms with van der Waals surface area (Å²) in [6, 6.07) is 11.3. The fourth-order valence-electron chi connectivity index (χ4n) is 2.89. The fourth-order valence-corrected chi connectivity index (χ4v) is 2.89. The molecule has 2 aromatic rings. The Hall–Kier alpha value is -2.83. The lowest BCUT2D eigenvalue weighted by Gasteiger charge is -2.31. The average Bonchev–Trinajstić information content (AvgIpc) is 3.05. The van der Waals surface area contributed by atoms with Gasteiger partial charge in [-0.3, -0.25) is 9.59 Å². The first-order valence-electron chi connectivity index (χ1n) is 8.42. The van der Waals surface area contributed by atoms with E-state index in [-0.39, 0.29) is 24.3 Å². The van der Waals surface area contributed by atoms with Gasteiger partial charge in [-0.2, -0.15) is 0 Å². The van der Waals surface area contributed by atoms with Gasteiger partial charge in [-0.15, -0.1) is 0 Å². The van der Waals surface area contributed by atoms with Crippen LogP contribution in [0, 0.1) is 12.8 Å². The third-order valence-electron chi connectivity index (χ3n) is 4.32. The molecular weight excluding hydrogens is 320 g/mol. The number of aryl methyl sites for hydroxylation is 1. The van der Waals surface area contributed by atoms with Crippen molar-refractivity contribution < 1.29 is 14.1 Å². The minimum absolute atomic E-state index is 0.0508. The number of nitrogens with one attached hydrogen (secondary N) is 2.